The minimum atomic E-state index is -0.372. The van der Waals surface area contributed by atoms with E-state index in [1.807, 2.05) is 20.8 Å². The number of hydrogen-bond acceptors (Lipinski definition) is 3. The van der Waals surface area contributed by atoms with Gasteiger partial charge in [-0.2, -0.15) is 0 Å². The van der Waals surface area contributed by atoms with Crippen molar-refractivity contribution in [1.82, 2.24) is 0 Å². The zero-order valence-corrected chi connectivity index (χ0v) is 12.4. The Hall–Kier alpha value is -1.29. The van der Waals surface area contributed by atoms with Crippen LogP contribution in [-0.4, -0.2) is 17.3 Å². The van der Waals surface area contributed by atoms with Gasteiger partial charge in [-0.1, -0.05) is 20.8 Å². The Morgan fingerprint density at radius 3 is 2.35 bits per heavy atom. The zero-order chi connectivity index (χ0) is 14.9. The fourth-order valence-electron chi connectivity index (χ4n) is 2.73. The lowest BCUT2D eigenvalue weighted by Crippen LogP contribution is -2.28. The van der Waals surface area contributed by atoms with Gasteiger partial charge in [0.2, 0.25) is 0 Å². The Bertz CT molecular complexity index is 474. The number of benzene rings is 1. The van der Waals surface area contributed by atoms with E-state index in [9.17, 15) is 9.50 Å². The van der Waals surface area contributed by atoms with Crippen molar-refractivity contribution in [3.63, 3.8) is 0 Å². The normalized spacial score (nSPS) is 23.6. The zero-order valence-electron chi connectivity index (χ0n) is 12.4. The van der Waals surface area contributed by atoms with E-state index in [2.05, 4.69) is 0 Å². The number of nitrogen functional groups attached to an aromatic ring is 1. The molecule has 0 unspecified atom stereocenters. The molecule has 1 aromatic rings. The Morgan fingerprint density at radius 2 is 1.80 bits per heavy atom. The lowest BCUT2D eigenvalue weighted by Gasteiger charge is -2.30. The van der Waals surface area contributed by atoms with Crippen LogP contribution in [0.3, 0.4) is 0 Å². The summed E-state index contributed by atoms with van der Waals surface area (Å²) in [5, 5.41) is 9.54. The van der Waals surface area contributed by atoms with Gasteiger partial charge < -0.3 is 15.6 Å². The number of anilines is 1. The molecular formula is C16H24FNO2. The van der Waals surface area contributed by atoms with Crippen LogP contribution >= 0.6 is 0 Å². The largest absolute Gasteiger partial charge is 0.488 e. The first-order chi connectivity index (χ1) is 9.29. The molecule has 1 aliphatic rings. The highest BCUT2D eigenvalue weighted by Crippen LogP contribution is 2.39. The number of ether oxygens (including phenoxy) is 1. The molecule has 3 N–H and O–H groups in total. The molecule has 2 rings (SSSR count). The topological polar surface area (TPSA) is 55.5 Å². The highest BCUT2D eigenvalue weighted by Gasteiger charge is 2.28. The Balaban J connectivity index is 2.29. The second-order valence-electron chi connectivity index (χ2n) is 6.64. The van der Waals surface area contributed by atoms with Crippen molar-refractivity contribution < 1.29 is 14.2 Å². The lowest BCUT2D eigenvalue weighted by atomic mass is 9.85. The first-order valence-electron chi connectivity index (χ1n) is 7.22. The molecule has 0 atom stereocenters. The van der Waals surface area contributed by atoms with Gasteiger partial charge in [0.25, 0.3) is 0 Å². The van der Waals surface area contributed by atoms with Gasteiger partial charge in [0.15, 0.2) is 0 Å². The molecule has 0 spiro atoms. The van der Waals surface area contributed by atoms with Crippen LogP contribution in [0.1, 0.15) is 52.0 Å². The molecule has 1 fully saturated rings. The second kappa shape index (κ2) is 5.60. The number of aliphatic hydroxyl groups excluding tert-OH is 1. The van der Waals surface area contributed by atoms with Gasteiger partial charge in [-0.25, -0.2) is 4.39 Å². The van der Waals surface area contributed by atoms with Gasteiger partial charge in [-0.05, 0) is 43.2 Å². The minimum Gasteiger partial charge on any atom is -0.488 e. The van der Waals surface area contributed by atoms with E-state index in [1.165, 1.54) is 6.07 Å². The lowest BCUT2D eigenvalue weighted by molar-refractivity contribution is 0.0658. The smallest absolute Gasteiger partial charge is 0.149 e. The molecule has 1 aliphatic carbocycles. The van der Waals surface area contributed by atoms with Gasteiger partial charge in [0, 0.05) is 5.56 Å². The van der Waals surface area contributed by atoms with Crippen LogP contribution in [-0.2, 0) is 5.41 Å². The Morgan fingerprint density at radius 1 is 1.20 bits per heavy atom. The summed E-state index contributed by atoms with van der Waals surface area (Å²) in [4.78, 5) is 0. The average molecular weight is 281 g/mol. The predicted molar refractivity (Wildman–Crippen MR) is 78.4 cm³/mol. The van der Waals surface area contributed by atoms with Crippen molar-refractivity contribution in [3.05, 3.63) is 23.5 Å². The summed E-state index contributed by atoms with van der Waals surface area (Å²) in [5.41, 5.74) is 6.62. The molecule has 4 heteroatoms. The van der Waals surface area contributed by atoms with Crippen molar-refractivity contribution in [2.24, 2.45) is 0 Å². The molecule has 0 aromatic heterocycles. The van der Waals surface area contributed by atoms with Crippen LogP contribution in [0, 0.1) is 5.82 Å². The summed E-state index contributed by atoms with van der Waals surface area (Å²) >= 11 is 0. The molecule has 0 amide bonds. The summed E-state index contributed by atoms with van der Waals surface area (Å²) < 4.78 is 20.2. The van der Waals surface area contributed by atoms with Gasteiger partial charge in [0.1, 0.15) is 11.6 Å². The molecule has 1 aromatic carbocycles. The molecule has 0 aliphatic heterocycles. The predicted octanol–water partition coefficient (Wildman–Crippen LogP) is 3.39. The molecule has 0 bridgehead atoms. The molecule has 20 heavy (non-hydrogen) atoms. The minimum absolute atomic E-state index is 0.00333. The third-order valence-corrected chi connectivity index (χ3v) is 3.82. The van der Waals surface area contributed by atoms with E-state index in [1.54, 1.807) is 6.07 Å². The number of aliphatic hydroxyl groups is 1. The maximum absolute atomic E-state index is 14.2. The Labute approximate surface area is 119 Å². The van der Waals surface area contributed by atoms with Gasteiger partial charge in [-0.15, -0.1) is 0 Å². The summed E-state index contributed by atoms with van der Waals surface area (Å²) in [6, 6.07) is 2.95. The number of halogens is 1. The fraction of sp³-hybridized carbons (Fsp3) is 0.625. The third-order valence-electron chi connectivity index (χ3n) is 3.82. The van der Waals surface area contributed by atoms with Crippen molar-refractivity contribution in [1.29, 1.82) is 0 Å². The summed E-state index contributed by atoms with van der Waals surface area (Å²) in [5.74, 6) is 0.191. The maximum Gasteiger partial charge on any atom is 0.149 e. The highest BCUT2D eigenvalue weighted by atomic mass is 19.1. The van der Waals surface area contributed by atoms with E-state index in [0.717, 1.165) is 25.7 Å². The molecule has 1 saturated carbocycles. The van der Waals surface area contributed by atoms with Crippen molar-refractivity contribution in [2.45, 2.75) is 64.1 Å². The van der Waals surface area contributed by atoms with E-state index in [-0.39, 0.29) is 23.4 Å². The van der Waals surface area contributed by atoms with E-state index >= 15 is 0 Å². The molecule has 0 radical (unpaired) electrons. The first kappa shape index (κ1) is 15.1. The van der Waals surface area contributed by atoms with Crippen LogP contribution in [0.4, 0.5) is 10.1 Å². The molecular weight excluding hydrogens is 257 g/mol. The van der Waals surface area contributed by atoms with E-state index in [0.29, 0.717) is 17.0 Å². The van der Waals surface area contributed by atoms with Crippen molar-refractivity contribution in [2.75, 3.05) is 5.73 Å². The number of nitrogens with two attached hydrogens (primary N) is 1. The average Bonchev–Trinajstić information content (AvgIpc) is 2.35. The summed E-state index contributed by atoms with van der Waals surface area (Å²) in [6.07, 6.45) is 2.78. The van der Waals surface area contributed by atoms with Gasteiger partial charge in [0.05, 0.1) is 17.9 Å². The maximum atomic E-state index is 14.2. The molecule has 0 heterocycles. The fourth-order valence-corrected chi connectivity index (χ4v) is 2.73. The molecule has 3 nitrogen and oxygen atoms in total. The number of rotatable bonds is 2. The number of hydrogen-bond donors (Lipinski definition) is 2. The third kappa shape index (κ3) is 3.23. The van der Waals surface area contributed by atoms with Crippen molar-refractivity contribution >= 4 is 5.69 Å². The van der Waals surface area contributed by atoms with Gasteiger partial charge in [-0.3, -0.25) is 0 Å². The highest BCUT2D eigenvalue weighted by molar-refractivity contribution is 5.59. The second-order valence-corrected chi connectivity index (χ2v) is 6.64. The van der Waals surface area contributed by atoms with Crippen LogP contribution in [0.25, 0.3) is 0 Å². The molecule has 112 valence electrons. The van der Waals surface area contributed by atoms with Crippen LogP contribution in [0.15, 0.2) is 12.1 Å². The molecule has 0 saturated heterocycles. The Kier molecular flexibility index (Phi) is 4.23. The van der Waals surface area contributed by atoms with Crippen LogP contribution < -0.4 is 10.5 Å². The van der Waals surface area contributed by atoms with E-state index < -0.39 is 0 Å². The van der Waals surface area contributed by atoms with E-state index in [4.69, 9.17) is 10.5 Å². The first-order valence-corrected chi connectivity index (χ1v) is 7.22. The van der Waals surface area contributed by atoms with Crippen LogP contribution in [0.2, 0.25) is 0 Å². The quantitative estimate of drug-likeness (QED) is 0.817. The SMILES string of the molecule is CC(C)(C)c1c(F)ccc(N)c1OC1CCC(O)CC1. The van der Waals surface area contributed by atoms with Gasteiger partial charge >= 0.3 is 0 Å². The van der Waals surface area contributed by atoms with Crippen molar-refractivity contribution in [3.8, 4) is 5.75 Å². The summed E-state index contributed by atoms with van der Waals surface area (Å²) in [6.45, 7) is 5.84. The van der Waals surface area contributed by atoms with Crippen LogP contribution in [0.5, 0.6) is 5.75 Å². The summed E-state index contributed by atoms with van der Waals surface area (Å²) in [7, 11) is 0. The monoisotopic (exact) mass is 281 g/mol. The standard InChI is InChI=1S/C16H24FNO2/c1-16(2,3)14-12(17)8-9-13(18)15(14)20-11-6-4-10(19)5-7-11/h8-11,19H,4-7,18H2,1-3H3.